The lowest BCUT2D eigenvalue weighted by atomic mass is 9.78. The molecule has 0 aromatic heterocycles. The Hall–Kier alpha value is -2.08. The largest absolute Gasteiger partial charge is 0.494 e. The van der Waals surface area contributed by atoms with Crippen LogP contribution >= 0.6 is 0 Å². The minimum absolute atomic E-state index is 0.0198. The number of aliphatic hydroxyl groups excluding tert-OH is 1. The first-order valence-corrected chi connectivity index (χ1v) is 8.72. The molecule has 0 spiro atoms. The summed E-state index contributed by atoms with van der Waals surface area (Å²) in [7, 11) is 1.32. The van der Waals surface area contributed by atoms with Crippen molar-refractivity contribution in [2.45, 2.75) is 32.1 Å². The molecule has 0 aliphatic carbocycles. The molecule has 1 fully saturated rings. The van der Waals surface area contributed by atoms with Gasteiger partial charge in [-0.25, -0.2) is 0 Å². The molecule has 1 aliphatic rings. The van der Waals surface area contributed by atoms with Gasteiger partial charge >= 0.3 is 5.97 Å². The number of piperidine rings is 1. The number of nitrogens with zero attached hydrogens (tertiary/aromatic N) is 1. The SMILES string of the molecule is COC(=O)CCC(=O)N1CCCC(CO)(CCOc2ccccc2)C1. The fourth-order valence-electron chi connectivity index (χ4n) is 3.20. The number of esters is 1. The van der Waals surface area contributed by atoms with E-state index in [1.807, 2.05) is 30.3 Å². The number of carbonyl (C=O) groups excluding carboxylic acids is 2. The highest BCUT2D eigenvalue weighted by Gasteiger charge is 2.36. The Morgan fingerprint density at radius 1 is 1.24 bits per heavy atom. The van der Waals surface area contributed by atoms with E-state index in [0.29, 0.717) is 26.1 Å². The van der Waals surface area contributed by atoms with Gasteiger partial charge in [-0.05, 0) is 31.4 Å². The number of amides is 1. The molecule has 1 aromatic rings. The molecule has 1 aromatic carbocycles. The van der Waals surface area contributed by atoms with Gasteiger partial charge in [0.1, 0.15) is 5.75 Å². The van der Waals surface area contributed by atoms with Gasteiger partial charge in [-0.2, -0.15) is 0 Å². The van der Waals surface area contributed by atoms with E-state index in [-0.39, 0.29) is 36.7 Å². The first-order chi connectivity index (χ1) is 12.1. The summed E-state index contributed by atoms with van der Waals surface area (Å²) in [5, 5.41) is 9.93. The Kier molecular flexibility index (Phi) is 7.25. The fourth-order valence-corrected chi connectivity index (χ4v) is 3.20. The fraction of sp³-hybridized carbons (Fsp3) is 0.579. The molecule has 1 amide bonds. The normalized spacial score (nSPS) is 20.2. The maximum Gasteiger partial charge on any atom is 0.306 e. The zero-order chi connectivity index (χ0) is 18.1. The van der Waals surface area contributed by atoms with Crippen LogP contribution in [-0.4, -0.2) is 55.3 Å². The van der Waals surface area contributed by atoms with Crippen molar-refractivity contribution in [3.05, 3.63) is 30.3 Å². The number of rotatable bonds is 8. The zero-order valence-electron chi connectivity index (χ0n) is 14.8. The molecule has 6 nitrogen and oxygen atoms in total. The summed E-state index contributed by atoms with van der Waals surface area (Å²) in [6, 6.07) is 9.56. The molecule has 6 heteroatoms. The summed E-state index contributed by atoms with van der Waals surface area (Å²) in [5.74, 6) is 0.361. The third-order valence-electron chi connectivity index (χ3n) is 4.76. The van der Waals surface area contributed by atoms with Crippen LogP contribution < -0.4 is 4.74 Å². The quantitative estimate of drug-likeness (QED) is 0.727. The Morgan fingerprint density at radius 3 is 2.68 bits per heavy atom. The molecule has 1 aliphatic heterocycles. The predicted octanol–water partition coefficient (Wildman–Crippen LogP) is 2.01. The number of carbonyl (C=O) groups is 2. The number of benzene rings is 1. The van der Waals surface area contributed by atoms with Crippen LogP contribution in [-0.2, 0) is 14.3 Å². The molecule has 0 saturated carbocycles. The second kappa shape index (κ2) is 9.42. The van der Waals surface area contributed by atoms with Crippen molar-refractivity contribution in [2.24, 2.45) is 5.41 Å². The highest BCUT2D eigenvalue weighted by Crippen LogP contribution is 2.33. The smallest absolute Gasteiger partial charge is 0.306 e. The molecular weight excluding hydrogens is 322 g/mol. The van der Waals surface area contributed by atoms with Crippen LogP contribution in [0.3, 0.4) is 0 Å². The average molecular weight is 349 g/mol. The van der Waals surface area contributed by atoms with Crippen molar-refractivity contribution in [3.8, 4) is 5.75 Å². The van der Waals surface area contributed by atoms with E-state index in [9.17, 15) is 14.7 Å². The molecule has 1 N–H and O–H groups in total. The lowest BCUT2D eigenvalue weighted by molar-refractivity contribution is -0.144. The molecular formula is C19H27NO5. The van der Waals surface area contributed by atoms with Gasteiger partial charge in [0.25, 0.3) is 0 Å². The van der Waals surface area contributed by atoms with Crippen molar-refractivity contribution in [1.29, 1.82) is 0 Å². The van der Waals surface area contributed by atoms with Crippen LogP contribution in [0.2, 0.25) is 0 Å². The summed E-state index contributed by atoms with van der Waals surface area (Å²) in [5.41, 5.74) is -0.339. The summed E-state index contributed by atoms with van der Waals surface area (Å²) < 4.78 is 10.3. The molecule has 25 heavy (non-hydrogen) atoms. The highest BCUT2D eigenvalue weighted by molar-refractivity contribution is 5.81. The van der Waals surface area contributed by atoms with Gasteiger partial charge in [-0.1, -0.05) is 18.2 Å². The molecule has 1 atom stereocenters. The molecule has 1 heterocycles. The molecule has 138 valence electrons. The van der Waals surface area contributed by atoms with E-state index in [0.717, 1.165) is 18.6 Å². The van der Waals surface area contributed by atoms with E-state index < -0.39 is 0 Å². The van der Waals surface area contributed by atoms with Gasteiger partial charge in [0.2, 0.25) is 5.91 Å². The number of hydrogen-bond donors (Lipinski definition) is 1. The first kappa shape index (κ1) is 19.2. The van der Waals surface area contributed by atoms with E-state index >= 15 is 0 Å². The molecule has 2 rings (SSSR count). The van der Waals surface area contributed by atoms with Crippen LogP contribution in [0.1, 0.15) is 32.1 Å². The van der Waals surface area contributed by atoms with E-state index in [1.165, 1.54) is 7.11 Å². The van der Waals surface area contributed by atoms with Crippen molar-refractivity contribution < 1.29 is 24.2 Å². The maximum atomic E-state index is 12.3. The Labute approximate surface area is 148 Å². The summed E-state index contributed by atoms with van der Waals surface area (Å²) >= 11 is 0. The first-order valence-electron chi connectivity index (χ1n) is 8.72. The second-order valence-electron chi connectivity index (χ2n) is 6.56. The maximum absolute atomic E-state index is 12.3. The number of likely N-dealkylation sites (tertiary alicyclic amines) is 1. The minimum atomic E-state index is -0.380. The molecule has 0 bridgehead atoms. The number of hydrogen-bond acceptors (Lipinski definition) is 5. The Bertz CT molecular complexity index is 562. The second-order valence-corrected chi connectivity index (χ2v) is 6.56. The van der Waals surface area contributed by atoms with Gasteiger partial charge in [0.05, 0.1) is 26.7 Å². The number of aliphatic hydroxyl groups is 1. The van der Waals surface area contributed by atoms with Crippen molar-refractivity contribution in [3.63, 3.8) is 0 Å². The third-order valence-corrected chi connectivity index (χ3v) is 4.76. The number of para-hydroxylation sites is 1. The highest BCUT2D eigenvalue weighted by atomic mass is 16.5. The predicted molar refractivity (Wildman–Crippen MR) is 93.1 cm³/mol. The van der Waals surface area contributed by atoms with Crippen molar-refractivity contribution >= 4 is 11.9 Å². The number of methoxy groups -OCH3 is 1. The summed E-state index contributed by atoms with van der Waals surface area (Å²) in [6.45, 7) is 1.68. The summed E-state index contributed by atoms with van der Waals surface area (Å²) in [4.78, 5) is 25.3. The minimum Gasteiger partial charge on any atom is -0.494 e. The third kappa shape index (κ3) is 5.74. The van der Waals surface area contributed by atoms with Crippen molar-refractivity contribution in [2.75, 3.05) is 33.4 Å². The van der Waals surface area contributed by atoms with E-state index in [4.69, 9.17) is 4.74 Å². The number of ether oxygens (including phenoxy) is 2. The molecule has 1 saturated heterocycles. The van der Waals surface area contributed by atoms with Gasteiger partial charge in [-0.3, -0.25) is 9.59 Å². The van der Waals surface area contributed by atoms with E-state index in [1.54, 1.807) is 4.90 Å². The topological polar surface area (TPSA) is 76.1 Å². The average Bonchev–Trinajstić information content (AvgIpc) is 2.66. The lowest BCUT2D eigenvalue weighted by Gasteiger charge is -2.42. The van der Waals surface area contributed by atoms with Crippen molar-refractivity contribution in [1.82, 2.24) is 4.90 Å². The Morgan fingerprint density at radius 2 is 2.00 bits per heavy atom. The van der Waals surface area contributed by atoms with Gasteiger partial charge in [0, 0.05) is 24.9 Å². The molecule has 1 unspecified atom stereocenters. The van der Waals surface area contributed by atoms with Gasteiger partial charge in [0.15, 0.2) is 0 Å². The zero-order valence-corrected chi connectivity index (χ0v) is 14.8. The molecule has 0 radical (unpaired) electrons. The van der Waals surface area contributed by atoms with Crippen LogP contribution in [0.5, 0.6) is 5.75 Å². The Balaban J connectivity index is 1.86. The lowest BCUT2D eigenvalue weighted by Crippen LogP contribution is -2.48. The van der Waals surface area contributed by atoms with Gasteiger partial charge < -0.3 is 19.5 Å². The monoisotopic (exact) mass is 349 g/mol. The van der Waals surface area contributed by atoms with E-state index in [2.05, 4.69) is 4.74 Å². The van der Waals surface area contributed by atoms with Gasteiger partial charge in [-0.15, -0.1) is 0 Å². The standard InChI is InChI=1S/C19H27NO5/c1-24-18(23)9-8-17(22)20-12-5-10-19(14-20,15-21)11-13-25-16-6-3-2-4-7-16/h2-4,6-7,21H,5,8-15H2,1H3. The van der Waals surface area contributed by atoms with Crippen LogP contribution in [0, 0.1) is 5.41 Å². The van der Waals surface area contributed by atoms with Crippen LogP contribution in [0.15, 0.2) is 30.3 Å². The van der Waals surface area contributed by atoms with Crippen LogP contribution in [0.4, 0.5) is 0 Å². The summed E-state index contributed by atoms with van der Waals surface area (Å²) in [6.07, 6.45) is 2.63. The van der Waals surface area contributed by atoms with Crippen LogP contribution in [0.25, 0.3) is 0 Å².